The van der Waals surface area contributed by atoms with Crippen molar-refractivity contribution in [1.29, 1.82) is 0 Å². The van der Waals surface area contributed by atoms with Gasteiger partial charge in [0.25, 0.3) is 0 Å². The van der Waals surface area contributed by atoms with Gasteiger partial charge in [-0.15, -0.1) is 10.2 Å². The first kappa shape index (κ1) is 12.8. The number of aromatic nitrogens is 3. The molecule has 2 bridgehead atoms. The molecule has 0 saturated carbocycles. The zero-order valence-corrected chi connectivity index (χ0v) is 12.2. The van der Waals surface area contributed by atoms with Crippen molar-refractivity contribution < 1.29 is 4.74 Å². The fourth-order valence-electron chi connectivity index (χ4n) is 3.56. The van der Waals surface area contributed by atoms with Crippen LogP contribution in [0.3, 0.4) is 0 Å². The first-order valence-electron chi connectivity index (χ1n) is 7.66. The van der Waals surface area contributed by atoms with Gasteiger partial charge in [-0.3, -0.25) is 0 Å². The summed E-state index contributed by atoms with van der Waals surface area (Å²) in [7, 11) is 1.70. The normalized spacial score (nSPS) is 24.2. The number of nitrogens with one attached hydrogen (secondary N) is 1. The highest BCUT2D eigenvalue weighted by atomic mass is 16.5. The second kappa shape index (κ2) is 5.15. The Morgan fingerprint density at radius 2 is 2.05 bits per heavy atom. The van der Waals surface area contributed by atoms with E-state index in [-0.39, 0.29) is 0 Å². The Balaban J connectivity index is 1.79. The van der Waals surface area contributed by atoms with Crippen LogP contribution in [0.1, 0.15) is 25.1 Å². The van der Waals surface area contributed by atoms with Crippen molar-refractivity contribution in [2.75, 3.05) is 7.11 Å². The van der Waals surface area contributed by atoms with E-state index in [2.05, 4.69) is 26.1 Å². The van der Waals surface area contributed by atoms with Crippen LogP contribution in [0.5, 0.6) is 5.75 Å². The van der Waals surface area contributed by atoms with Crippen LogP contribution in [0, 0.1) is 0 Å². The number of hydrogen-bond acceptors (Lipinski definition) is 4. The minimum Gasteiger partial charge on any atom is -0.496 e. The van der Waals surface area contributed by atoms with Crippen molar-refractivity contribution in [1.82, 2.24) is 20.1 Å². The fourth-order valence-corrected chi connectivity index (χ4v) is 3.56. The Morgan fingerprint density at radius 3 is 2.95 bits per heavy atom. The van der Waals surface area contributed by atoms with Gasteiger partial charge in [-0.2, -0.15) is 0 Å². The Kier molecular flexibility index (Phi) is 3.15. The van der Waals surface area contributed by atoms with E-state index >= 15 is 0 Å². The molecule has 2 unspecified atom stereocenters. The van der Waals surface area contributed by atoms with Gasteiger partial charge in [-0.05, 0) is 25.0 Å². The average molecular weight is 284 g/mol. The summed E-state index contributed by atoms with van der Waals surface area (Å²) < 4.78 is 7.76. The van der Waals surface area contributed by atoms with Gasteiger partial charge >= 0.3 is 0 Å². The maximum Gasteiger partial charge on any atom is 0.167 e. The molecule has 1 N–H and O–H groups in total. The molecule has 3 heterocycles. The molecule has 1 aromatic carbocycles. The SMILES string of the molecule is COc1ccccc1-c1nnc2n1CC1CCCC(C2)N1. The molecule has 1 aromatic heterocycles. The third kappa shape index (κ3) is 2.21. The van der Waals surface area contributed by atoms with Crippen molar-refractivity contribution >= 4 is 0 Å². The molecule has 0 spiro atoms. The number of rotatable bonds is 2. The summed E-state index contributed by atoms with van der Waals surface area (Å²) >= 11 is 0. The molecule has 21 heavy (non-hydrogen) atoms. The lowest BCUT2D eigenvalue weighted by Gasteiger charge is -2.27. The smallest absolute Gasteiger partial charge is 0.167 e. The molecule has 2 atom stereocenters. The van der Waals surface area contributed by atoms with Gasteiger partial charge in [0, 0.05) is 25.0 Å². The zero-order chi connectivity index (χ0) is 14.2. The maximum absolute atomic E-state index is 5.48. The van der Waals surface area contributed by atoms with Crippen molar-refractivity contribution in [2.24, 2.45) is 0 Å². The van der Waals surface area contributed by atoms with Gasteiger partial charge < -0.3 is 14.6 Å². The molecule has 1 fully saturated rings. The predicted molar refractivity (Wildman–Crippen MR) is 80.3 cm³/mol. The van der Waals surface area contributed by atoms with Crippen molar-refractivity contribution in [3.05, 3.63) is 30.1 Å². The van der Waals surface area contributed by atoms with Crippen LogP contribution in [-0.4, -0.2) is 34.0 Å². The molecule has 2 aliphatic heterocycles. The molecule has 2 aliphatic rings. The van der Waals surface area contributed by atoms with Gasteiger partial charge in [-0.1, -0.05) is 18.6 Å². The van der Waals surface area contributed by atoms with E-state index in [1.165, 1.54) is 19.3 Å². The Bertz CT molecular complexity index is 651. The number of methoxy groups -OCH3 is 1. The Hall–Kier alpha value is -1.88. The molecule has 1 saturated heterocycles. The number of nitrogens with zero attached hydrogens (tertiary/aromatic N) is 3. The molecule has 5 nitrogen and oxygen atoms in total. The summed E-state index contributed by atoms with van der Waals surface area (Å²) in [6, 6.07) is 9.13. The van der Waals surface area contributed by atoms with Gasteiger partial charge in [-0.25, -0.2) is 0 Å². The summed E-state index contributed by atoms with van der Waals surface area (Å²) in [6.45, 7) is 0.951. The third-order valence-corrected chi connectivity index (χ3v) is 4.58. The van der Waals surface area contributed by atoms with Crippen molar-refractivity contribution in [3.8, 4) is 17.1 Å². The van der Waals surface area contributed by atoms with Crippen LogP contribution in [0.25, 0.3) is 11.4 Å². The molecule has 5 heteroatoms. The summed E-state index contributed by atoms with van der Waals surface area (Å²) in [5.74, 6) is 2.88. The lowest BCUT2D eigenvalue weighted by Crippen LogP contribution is -2.43. The highest BCUT2D eigenvalue weighted by molar-refractivity contribution is 5.64. The van der Waals surface area contributed by atoms with Crippen LogP contribution in [0.4, 0.5) is 0 Å². The van der Waals surface area contributed by atoms with Gasteiger partial charge in [0.2, 0.25) is 0 Å². The maximum atomic E-state index is 5.48. The van der Waals surface area contributed by atoms with Gasteiger partial charge in [0.05, 0.1) is 12.7 Å². The lowest BCUT2D eigenvalue weighted by molar-refractivity contribution is 0.315. The first-order valence-corrected chi connectivity index (χ1v) is 7.66. The largest absolute Gasteiger partial charge is 0.496 e. The van der Waals surface area contributed by atoms with E-state index < -0.39 is 0 Å². The van der Waals surface area contributed by atoms with Gasteiger partial charge in [0.1, 0.15) is 11.6 Å². The van der Waals surface area contributed by atoms with Crippen LogP contribution in [0.2, 0.25) is 0 Å². The van der Waals surface area contributed by atoms with Crippen LogP contribution < -0.4 is 10.1 Å². The summed E-state index contributed by atoms with van der Waals surface area (Å²) in [5.41, 5.74) is 1.02. The monoisotopic (exact) mass is 284 g/mol. The van der Waals surface area contributed by atoms with E-state index in [4.69, 9.17) is 4.74 Å². The minimum absolute atomic E-state index is 0.537. The standard InChI is InChI=1S/C16H20N4O/c1-21-14-8-3-2-7-13(14)16-19-18-15-9-11-5-4-6-12(17-11)10-20(15)16/h2-3,7-8,11-12,17H,4-6,9-10H2,1H3. The van der Waals surface area contributed by atoms with E-state index in [1.807, 2.05) is 18.2 Å². The van der Waals surface area contributed by atoms with E-state index in [1.54, 1.807) is 7.11 Å². The number of piperidine rings is 1. The molecular weight excluding hydrogens is 264 g/mol. The van der Waals surface area contributed by atoms with Crippen LogP contribution >= 0.6 is 0 Å². The molecule has 0 radical (unpaired) electrons. The van der Waals surface area contributed by atoms with Crippen LogP contribution in [-0.2, 0) is 13.0 Å². The molecule has 4 rings (SSSR count). The zero-order valence-electron chi connectivity index (χ0n) is 12.2. The van der Waals surface area contributed by atoms with Crippen molar-refractivity contribution in [3.63, 3.8) is 0 Å². The topological polar surface area (TPSA) is 52.0 Å². The van der Waals surface area contributed by atoms with Crippen LogP contribution in [0.15, 0.2) is 24.3 Å². The second-order valence-electron chi connectivity index (χ2n) is 5.95. The van der Waals surface area contributed by atoms with Gasteiger partial charge in [0.15, 0.2) is 5.82 Å². The number of ether oxygens (including phenoxy) is 1. The minimum atomic E-state index is 0.537. The van der Waals surface area contributed by atoms with E-state index in [0.717, 1.165) is 35.9 Å². The number of benzene rings is 1. The third-order valence-electron chi connectivity index (χ3n) is 4.58. The fraction of sp³-hybridized carbons (Fsp3) is 0.500. The summed E-state index contributed by atoms with van der Waals surface area (Å²) in [4.78, 5) is 0. The molecule has 0 aliphatic carbocycles. The highest BCUT2D eigenvalue weighted by Gasteiger charge is 2.29. The molecular formula is C16H20N4O. The lowest BCUT2D eigenvalue weighted by atomic mass is 9.98. The Labute approximate surface area is 124 Å². The molecule has 2 aromatic rings. The second-order valence-corrected chi connectivity index (χ2v) is 5.95. The average Bonchev–Trinajstić information content (AvgIpc) is 2.85. The number of fused-ring (bicyclic) bond motifs is 3. The Morgan fingerprint density at radius 1 is 1.19 bits per heavy atom. The summed E-state index contributed by atoms with van der Waals surface area (Å²) in [5, 5.41) is 12.6. The molecule has 110 valence electrons. The van der Waals surface area contributed by atoms with Crippen molar-refractivity contribution in [2.45, 2.75) is 44.3 Å². The van der Waals surface area contributed by atoms with E-state index in [0.29, 0.717) is 12.1 Å². The predicted octanol–water partition coefficient (Wildman–Crippen LogP) is 2.02. The highest BCUT2D eigenvalue weighted by Crippen LogP contribution is 2.31. The number of hydrogen-bond donors (Lipinski definition) is 1. The number of para-hydroxylation sites is 1. The summed E-state index contributed by atoms with van der Waals surface area (Å²) in [6.07, 6.45) is 4.76. The molecule has 0 amide bonds. The first-order chi connectivity index (χ1) is 10.3. The van der Waals surface area contributed by atoms with E-state index in [9.17, 15) is 0 Å². The quantitative estimate of drug-likeness (QED) is 0.916.